The quantitative estimate of drug-likeness (QED) is 0.428. The molecule has 0 radical (unpaired) electrons. The van der Waals surface area contributed by atoms with Gasteiger partial charge in [-0.15, -0.1) is 0 Å². The Bertz CT molecular complexity index is 1440. The molecule has 35 heavy (non-hydrogen) atoms. The summed E-state index contributed by atoms with van der Waals surface area (Å²) in [4.78, 5) is 30.4. The van der Waals surface area contributed by atoms with Crippen LogP contribution in [0.1, 0.15) is 11.3 Å². The Kier molecular flexibility index (Phi) is 6.63. The summed E-state index contributed by atoms with van der Waals surface area (Å²) in [5.41, 5.74) is 2.00. The molecule has 0 saturated carbocycles. The van der Waals surface area contributed by atoms with E-state index in [0.717, 1.165) is 0 Å². The summed E-state index contributed by atoms with van der Waals surface area (Å²) in [5.74, 6) is 0.429. The average Bonchev–Trinajstić information content (AvgIpc) is 3.31. The van der Waals surface area contributed by atoms with Crippen LogP contribution in [0.15, 0.2) is 57.8 Å². The van der Waals surface area contributed by atoms with Gasteiger partial charge in [0.05, 0.1) is 14.2 Å². The van der Waals surface area contributed by atoms with Crippen molar-refractivity contribution in [2.75, 3.05) is 19.5 Å². The van der Waals surface area contributed by atoms with Gasteiger partial charge < -0.3 is 23.9 Å². The van der Waals surface area contributed by atoms with Crippen LogP contribution >= 0.6 is 0 Å². The lowest BCUT2D eigenvalue weighted by Crippen LogP contribution is -2.30. The number of halogens is 1. The van der Waals surface area contributed by atoms with Crippen LogP contribution in [0.4, 0.5) is 10.1 Å². The summed E-state index contributed by atoms with van der Waals surface area (Å²) < 4.78 is 30.4. The number of hydrogen-bond acceptors (Lipinski definition) is 7. The molecule has 4 rings (SSSR count). The molecular formula is C25H23FN4O5. The van der Waals surface area contributed by atoms with E-state index in [9.17, 15) is 14.0 Å². The van der Waals surface area contributed by atoms with Crippen LogP contribution in [0.3, 0.4) is 0 Å². The number of carbonyl (C=O) groups is 1. The Labute approximate surface area is 200 Å². The Balaban J connectivity index is 1.61. The normalized spacial score (nSPS) is 10.8. The van der Waals surface area contributed by atoms with Crippen LogP contribution in [0, 0.1) is 19.7 Å². The van der Waals surface area contributed by atoms with Gasteiger partial charge in [0.2, 0.25) is 11.7 Å². The predicted octanol–water partition coefficient (Wildman–Crippen LogP) is 3.98. The molecule has 0 bridgehead atoms. The van der Waals surface area contributed by atoms with E-state index in [4.69, 9.17) is 14.0 Å². The maximum Gasteiger partial charge on any atom is 0.264 e. The van der Waals surface area contributed by atoms with Crippen molar-refractivity contribution in [1.29, 1.82) is 0 Å². The Morgan fingerprint density at radius 1 is 1.06 bits per heavy atom. The summed E-state index contributed by atoms with van der Waals surface area (Å²) in [5, 5.41) is 6.67. The molecule has 9 nitrogen and oxygen atoms in total. The van der Waals surface area contributed by atoms with Gasteiger partial charge >= 0.3 is 0 Å². The summed E-state index contributed by atoms with van der Waals surface area (Å²) in [7, 11) is 3.02. The molecule has 2 aromatic heterocycles. The van der Waals surface area contributed by atoms with E-state index >= 15 is 0 Å². The van der Waals surface area contributed by atoms with Crippen molar-refractivity contribution in [2.24, 2.45) is 0 Å². The molecule has 2 heterocycles. The average molecular weight is 478 g/mol. The fraction of sp³-hybridized carbons (Fsp3) is 0.200. The highest BCUT2D eigenvalue weighted by Crippen LogP contribution is 2.30. The molecule has 4 aromatic rings. The maximum absolute atomic E-state index is 13.3. The number of amides is 1. The van der Waals surface area contributed by atoms with Crippen molar-refractivity contribution in [2.45, 2.75) is 20.4 Å². The number of carbonyl (C=O) groups excluding carboxylic acids is 1. The number of benzene rings is 2. The molecule has 1 N–H and O–H groups in total. The van der Waals surface area contributed by atoms with Gasteiger partial charge in [-0.2, -0.15) is 4.98 Å². The van der Waals surface area contributed by atoms with E-state index in [-0.39, 0.29) is 29.6 Å². The SMILES string of the molecule is COc1ccc(NC(=O)Cn2c(C)cc(C)c(-c3nc(-c4ccc(F)cc4)no3)c2=O)cc1OC. The van der Waals surface area contributed by atoms with Gasteiger partial charge in [0, 0.05) is 23.0 Å². The van der Waals surface area contributed by atoms with E-state index in [2.05, 4.69) is 15.5 Å². The lowest BCUT2D eigenvalue weighted by Gasteiger charge is -2.14. The minimum absolute atomic E-state index is 0.0147. The van der Waals surface area contributed by atoms with E-state index in [0.29, 0.717) is 34.0 Å². The monoisotopic (exact) mass is 478 g/mol. The zero-order chi connectivity index (χ0) is 25.1. The number of methoxy groups -OCH3 is 2. The molecule has 0 aliphatic carbocycles. The van der Waals surface area contributed by atoms with Crippen LogP contribution in [-0.2, 0) is 11.3 Å². The first-order valence-electron chi connectivity index (χ1n) is 10.6. The molecule has 0 aliphatic rings. The first-order valence-corrected chi connectivity index (χ1v) is 10.6. The van der Waals surface area contributed by atoms with E-state index in [1.807, 2.05) is 0 Å². The van der Waals surface area contributed by atoms with Gasteiger partial charge in [-0.05, 0) is 61.9 Å². The number of pyridine rings is 1. The van der Waals surface area contributed by atoms with E-state index < -0.39 is 11.5 Å². The second kappa shape index (κ2) is 9.80. The van der Waals surface area contributed by atoms with Gasteiger partial charge in [-0.1, -0.05) is 5.16 Å². The van der Waals surface area contributed by atoms with Crippen molar-refractivity contribution in [3.8, 4) is 34.3 Å². The number of rotatable bonds is 7. The maximum atomic E-state index is 13.3. The van der Waals surface area contributed by atoms with Crippen LogP contribution in [0.5, 0.6) is 11.5 Å². The van der Waals surface area contributed by atoms with Crippen LogP contribution < -0.4 is 20.3 Å². The Morgan fingerprint density at radius 3 is 2.46 bits per heavy atom. The molecule has 0 aliphatic heterocycles. The number of nitrogens with one attached hydrogen (secondary N) is 1. The van der Waals surface area contributed by atoms with Gasteiger partial charge in [-0.25, -0.2) is 4.39 Å². The molecular weight excluding hydrogens is 455 g/mol. The number of aromatic nitrogens is 3. The Hall–Kier alpha value is -4.47. The smallest absolute Gasteiger partial charge is 0.264 e. The van der Waals surface area contributed by atoms with Crippen molar-refractivity contribution in [1.82, 2.24) is 14.7 Å². The molecule has 10 heteroatoms. The first-order chi connectivity index (χ1) is 16.8. The van der Waals surface area contributed by atoms with Crippen molar-refractivity contribution in [3.05, 3.63) is 76.0 Å². The van der Waals surface area contributed by atoms with Crippen LogP contribution in [0.25, 0.3) is 22.8 Å². The van der Waals surface area contributed by atoms with E-state index in [1.54, 1.807) is 38.1 Å². The number of ether oxygens (including phenoxy) is 2. The Morgan fingerprint density at radius 2 is 1.77 bits per heavy atom. The van der Waals surface area contributed by atoms with Crippen molar-refractivity contribution >= 4 is 11.6 Å². The lowest BCUT2D eigenvalue weighted by molar-refractivity contribution is -0.116. The minimum Gasteiger partial charge on any atom is -0.493 e. The highest BCUT2D eigenvalue weighted by atomic mass is 19.1. The number of aryl methyl sites for hydroxylation is 2. The third-order valence-corrected chi connectivity index (χ3v) is 5.42. The summed E-state index contributed by atoms with van der Waals surface area (Å²) in [6.45, 7) is 3.25. The predicted molar refractivity (Wildman–Crippen MR) is 127 cm³/mol. The third-order valence-electron chi connectivity index (χ3n) is 5.42. The molecule has 180 valence electrons. The number of nitrogens with zero attached hydrogens (tertiary/aromatic N) is 3. The summed E-state index contributed by atoms with van der Waals surface area (Å²) in [6, 6.07) is 12.3. The standard InChI is InChI=1S/C25H23FN4O5/c1-14-11-15(2)30(13-21(31)27-18-9-10-19(33-3)20(12-18)34-4)25(32)22(14)24-28-23(29-35-24)16-5-7-17(26)8-6-16/h5-12H,13H2,1-4H3,(H,27,31). The number of hydrogen-bond donors (Lipinski definition) is 1. The molecule has 0 atom stereocenters. The molecule has 0 spiro atoms. The first kappa shape index (κ1) is 23.7. The fourth-order valence-corrected chi connectivity index (χ4v) is 3.68. The highest BCUT2D eigenvalue weighted by molar-refractivity contribution is 5.91. The van der Waals surface area contributed by atoms with Crippen LogP contribution in [0.2, 0.25) is 0 Å². The second-order valence-corrected chi connectivity index (χ2v) is 7.78. The fourth-order valence-electron chi connectivity index (χ4n) is 3.68. The van der Waals surface area contributed by atoms with Crippen LogP contribution in [-0.4, -0.2) is 34.8 Å². The number of anilines is 1. The largest absolute Gasteiger partial charge is 0.493 e. The topological polar surface area (TPSA) is 108 Å². The van der Waals surface area contributed by atoms with Crippen molar-refractivity contribution < 1.29 is 23.2 Å². The van der Waals surface area contributed by atoms with Gasteiger partial charge in [0.25, 0.3) is 11.4 Å². The minimum atomic E-state index is -0.445. The zero-order valence-corrected chi connectivity index (χ0v) is 19.6. The van der Waals surface area contributed by atoms with Gasteiger partial charge in [0.1, 0.15) is 17.9 Å². The molecule has 0 fully saturated rings. The molecule has 2 aromatic carbocycles. The summed E-state index contributed by atoms with van der Waals surface area (Å²) in [6.07, 6.45) is 0. The zero-order valence-electron chi connectivity index (χ0n) is 19.6. The molecule has 0 saturated heterocycles. The lowest BCUT2D eigenvalue weighted by atomic mass is 10.1. The summed E-state index contributed by atoms with van der Waals surface area (Å²) >= 11 is 0. The van der Waals surface area contributed by atoms with Crippen molar-refractivity contribution in [3.63, 3.8) is 0 Å². The molecule has 1 amide bonds. The second-order valence-electron chi connectivity index (χ2n) is 7.78. The third kappa shape index (κ3) is 4.91. The van der Waals surface area contributed by atoms with E-state index in [1.165, 1.54) is 43.1 Å². The van der Waals surface area contributed by atoms with Gasteiger partial charge in [-0.3, -0.25) is 9.59 Å². The molecule has 0 unspecified atom stereocenters. The highest BCUT2D eigenvalue weighted by Gasteiger charge is 2.20. The van der Waals surface area contributed by atoms with Gasteiger partial charge in [0.15, 0.2) is 11.5 Å².